The molecule has 0 spiro atoms. The first-order valence-corrected chi connectivity index (χ1v) is 7.86. The van der Waals surface area contributed by atoms with Crippen LogP contribution in [0.15, 0.2) is 24.3 Å². The van der Waals surface area contributed by atoms with Crippen molar-refractivity contribution in [3.8, 4) is 0 Å². The molecule has 1 aromatic rings. The van der Waals surface area contributed by atoms with E-state index < -0.39 is 6.04 Å². The fourth-order valence-electron chi connectivity index (χ4n) is 3.45. The summed E-state index contributed by atoms with van der Waals surface area (Å²) in [6, 6.07) is 7.41. The van der Waals surface area contributed by atoms with Crippen LogP contribution in [0.5, 0.6) is 0 Å². The highest BCUT2D eigenvalue weighted by Crippen LogP contribution is 2.30. The van der Waals surface area contributed by atoms with Crippen molar-refractivity contribution in [3.05, 3.63) is 29.8 Å². The zero-order valence-corrected chi connectivity index (χ0v) is 12.7. The zero-order chi connectivity index (χ0) is 15.0. The zero-order valence-electron chi connectivity index (χ0n) is 12.7. The molecule has 2 saturated heterocycles. The van der Waals surface area contributed by atoms with E-state index in [2.05, 4.69) is 19.1 Å². The third-order valence-electron chi connectivity index (χ3n) is 4.56. The predicted octanol–water partition coefficient (Wildman–Crippen LogP) is 2.37. The minimum absolute atomic E-state index is 0.0721. The smallest absolute Gasteiger partial charge is 0.250 e. The fourth-order valence-corrected chi connectivity index (χ4v) is 3.45. The minimum atomic E-state index is -0.399. The van der Waals surface area contributed by atoms with Gasteiger partial charge < -0.3 is 4.90 Å². The highest BCUT2D eigenvalue weighted by Gasteiger charge is 2.46. The van der Waals surface area contributed by atoms with E-state index in [9.17, 15) is 9.59 Å². The van der Waals surface area contributed by atoms with E-state index in [-0.39, 0.29) is 17.9 Å². The topological polar surface area (TPSA) is 40.6 Å². The van der Waals surface area contributed by atoms with Gasteiger partial charge in [-0.25, -0.2) is 0 Å². The summed E-state index contributed by atoms with van der Waals surface area (Å²) in [6.07, 6.45) is 3.87. The fraction of sp³-hybridized carbons (Fsp3) is 0.529. The Morgan fingerprint density at radius 2 is 1.86 bits per heavy atom. The maximum atomic E-state index is 12.7. The highest BCUT2D eigenvalue weighted by atomic mass is 16.2. The van der Waals surface area contributed by atoms with Gasteiger partial charge in [0.05, 0.1) is 0 Å². The Labute approximate surface area is 125 Å². The van der Waals surface area contributed by atoms with E-state index in [4.69, 9.17) is 0 Å². The lowest BCUT2D eigenvalue weighted by atomic mass is 10.0. The Hall–Kier alpha value is -1.84. The van der Waals surface area contributed by atoms with E-state index in [1.807, 2.05) is 19.1 Å². The van der Waals surface area contributed by atoms with Gasteiger partial charge >= 0.3 is 0 Å². The summed E-state index contributed by atoms with van der Waals surface area (Å²) in [4.78, 5) is 28.6. The van der Waals surface area contributed by atoms with Gasteiger partial charge in [-0.3, -0.25) is 14.5 Å². The normalized spacial score (nSPS) is 25.4. The summed E-state index contributed by atoms with van der Waals surface area (Å²) in [5.74, 6) is 0.151. The standard InChI is InChI=1S/C17H22N2O2/c1-3-5-13-7-9-14(10-8-13)19-12(2)16(20)18-11-4-6-15(18)17(19)21/h7-10,12,15H,3-6,11H2,1-2H3. The van der Waals surface area contributed by atoms with E-state index in [0.29, 0.717) is 0 Å². The number of aryl methyl sites for hydroxylation is 1. The summed E-state index contributed by atoms with van der Waals surface area (Å²) < 4.78 is 0. The first-order chi connectivity index (χ1) is 10.1. The molecule has 2 aliphatic heterocycles. The van der Waals surface area contributed by atoms with Gasteiger partial charge in [0.2, 0.25) is 5.91 Å². The minimum Gasteiger partial charge on any atom is -0.329 e. The summed E-state index contributed by atoms with van der Waals surface area (Å²) in [5.41, 5.74) is 2.11. The molecule has 4 nitrogen and oxygen atoms in total. The summed E-state index contributed by atoms with van der Waals surface area (Å²) in [5, 5.41) is 0. The Morgan fingerprint density at radius 3 is 2.52 bits per heavy atom. The molecule has 2 aliphatic rings. The van der Waals surface area contributed by atoms with Gasteiger partial charge in [-0.15, -0.1) is 0 Å². The molecule has 0 aromatic heterocycles. The molecule has 112 valence electrons. The average molecular weight is 286 g/mol. The van der Waals surface area contributed by atoms with Crippen LogP contribution in [0.25, 0.3) is 0 Å². The Balaban J connectivity index is 1.89. The van der Waals surface area contributed by atoms with Crippen LogP contribution in [0.4, 0.5) is 5.69 Å². The third-order valence-corrected chi connectivity index (χ3v) is 4.56. The van der Waals surface area contributed by atoms with Crippen molar-refractivity contribution in [2.45, 2.75) is 51.6 Å². The largest absolute Gasteiger partial charge is 0.329 e. The van der Waals surface area contributed by atoms with Crippen LogP contribution < -0.4 is 4.90 Å². The van der Waals surface area contributed by atoms with Gasteiger partial charge in [-0.1, -0.05) is 25.5 Å². The van der Waals surface area contributed by atoms with Crippen molar-refractivity contribution in [3.63, 3.8) is 0 Å². The molecule has 1 aromatic carbocycles. The van der Waals surface area contributed by atoms with E-state index in [1.54, 1.807) is 9.80 Å². The lowest BCUT2D eigenvalue weighted by Gasteiger charge is -2.40. The van der Waals surface area contributed by atoms with Gasteiger partial charge in [-0.05, 0) is 43.9 Å². The molecule has 2 atom stereocenters. The van der Waals surface area contributed by atoms with Gasteiger partial charge in [0.1, 0.15) is 12.1 Å². The lowest BCUT2D eigenvalue weighted by molar-refractivity contribution is -0.143. The van der Waals surface area contributed by atoms with Crippen LogP contribution in [0.1, 0.15) is 38.7 Å². The number of anilines is 1. The van der Waals surface area contributed by atoms with Crippen molar-refractivity contribution >= 4 is 17.5 Å². The van der Waals surface area contributed by atoms with Crippen molar-refractivity contribution in [1.82, 2.24) is 4.90 Å². The number of carbonyl (C=O) groups is 2. The summed E-state index contributed by atoms with van der Waals surface area (Å²) >= 11 is 0. The molecule has 0 saturated carbocycles. The van der Waals surface area contributed by atoms with Gasteiger partial charge in [0.15, 0.2) is 0 Å². The molecule has 0 bridgehead atoms. The molecule has 0 N–H and O–H groups in total. The second kappa shape index (κ2) is 5.51. The number of nitrogens with zero attached hydrogens (tertiary/aromatic N) is 2. The quantitative estimate of drug-likeness (QED) is 0.856. The van der Waals surface area contributed by atoms with Crippen LogP contribution in [-0.2, 0) is 16.0 Å². The Bertz CT molecular complexity index is 552. The van der Waals surface area contributed by atoms with Crippen LogP contribution in [-0.4, -0.2) is 35.3 Å². The Kier molecular flexibility index (Phi) is 3.70. The average Bonchev–Trinajstić information content (AvgIpc) is 2.97. The number of hydrogen-bond acceptors (Lipinski definition) is 2. The molecule has 3 rings (SSSR count). The molecule has 0 radical (unpaired) electrons. The third kappa shape index (κ3) is 2.33. The number of benzene rings is 1. The van der Waals surface area contributed by atoms with Crippen molar-refractivity contribution < 1.29 is 9.59 Å². The van der Waals surface area contributed by atoms with E-state index >= 15 is 0 Å². The van der Waals surface area contributed by atoms with E-state index in [0.717, 1.165) is 37.9 Å². The van der Waals surface area contributed by atoms with E-state index in [1.165, 1.54) is 5.56 Å². The number of amides is 2. The summed E-state index contributed by atoms with van der Waals surface area (Å²) in [6.45, 7) is 4.70. The van der Waals surface area contributed by atoms with Crippen LogP contribution >= 0.6 is 0 Å². The second-order valence-corrected chi connectivity index (χ2v) is 5.99. The number of hydrogen-bond donors (Lipinski definition) is 0. The highest BCUT2D eigenvalue weighted by molar-refractivity contribution is 6.08. The number of piperazine rings is 1. The molecule has 2 fully saturated rings. The molecule has 2 unspecified atom stereocenters. The van der Waals surface area contributed by atoms with Crippen molar-refractivity contribution in [1.29, 1.82) is 0 Å². The summed E-state index contributed by atoms with van der Waals surface area (Å²) in [7, 11) is 0. The van der Waals surface area contributed by atoms with Crippen LogP contribution in [0.3, 0.4) is 0 Å². The van der Waals surface area contributed by atoms with Gasteiger partial charge in [-0.2, -0.15) is 0 Å². The Morgan fingerprint density at radius 1 is 1.14 bits per heavy atom. The lowest BCUT2D eigenvalue weighted by Crippen LogP contribution is -2.62. The molecular formula is C17H22N2O2. The maximum Gasteiger partial charge on any atom is 0.250 e. The number of rotatable bonds is 3. The molecule has 2 amide bonds. The van der Waals surface area contributed by atoms with Crippen LogP contribution in [0.2, 0.25) is 0 Å². The number of carbonyl (C=O) groups excluding carboxylic acids is 2. The SMILES string of the molecule is CCCc1ccc(N2C(=O)C3CCCN3C(=O)C2C)cc1. The molecule has 2 heterocycles. The maximum absolute atomic E-state index is 12.7. The molecular weight excluding hydrogens is 264 g/mol. The predicted molar refractivity (Wildman–Crippen MR) is 82.1 cm³/mol. The van der Waals surface area contributed by atoms with Crippen molar-refractivity contribution in [2.24, 2.45) is 0 Å². The second-order valence-electron chi connectivity index (χ2n) is 5.99. The van der Waals surface area contributed by atoms with Gasteiger partial charge in [0, 0.05) is 12.2 Å². The molecule has 21 heavy (non-hydrogen) atoms. The van der Waals surface area contributed by atoms with Crippen molar-refractivity contribution in [2.75, 3.05) is 11.4 Å². The number of fused-ring (bicyclic) bond motifs is 1. The molecule has 0 aliphatic carbocycles. The monoisotopic (exact) mass is 286 g/mol. The molecule has 4 heteroatoms. The van der Waals surface area contributed by atoms with Crippen LogP contribution in [0, 0.1) is 0 Å². The van der Waals surface area contributed by atoms with Gasteiger partial charge in [0.25, 0.3) is 5.91 Å². The first kappa shape index (κ1) is 14.1. The first-order valence-electron chi connectivity index (χ1n) is 7.86.